The summed E-state index contributed by atoms with van der Waals surface area (Å²) in [7, 11) is -0.111. The van der Waals surface area contributed by atoms with E-state index < -0.39 is 11.6 Å². The number of rotatable bonds is 4. The number of hydrogen-bond acceptors (Lipinski definition) is 4. The number of carboxylic acid groups (broad SMARTS) is 1. The van der Waals surface area contributed by atoms with Crippen LogP contribution >= 0.6 is 58.9 Å². The molecule has 1 aliphatic heterocycles. The smallest absolute Gasteiger partial charge is 0.361 e. The van der Waals surface area contributed by atoms with Crippen molar-refractivity contribution in [3.05, 3.63) is 68.7 Å². The lowest BCUT2D eigenvalue weighted by molar-refractivity contribution is -0.00304. The van der Waals surface area contributed by atoms with Crippen molar-refractivity contribution in [3.8, 4) is 0 Å². The molecule has 2 aromatic rings. The van der Waals surface area contributed by atoms with Gasteiger partial charge in [0, 0.05) is 21.2 Å². The van der Waals surface area contributed by atoms with Gasteiger partial charge in [-0.2, -0.15) is 11.5 Å². The maximum Gasteiger partial charge on any atom is 0.361 e. The van der Waals surface area contributed by atoms with Gasteiger partial charge in [0.25, 0.3) is 0 Å². The van der Waals surface area contributed by atoms with Gasteiger partial charge in [-0.3, -0.25) is 4.57 Å². The number of benzene rings is 2. The van der Waals surface area contributed by atoms with Crippen LogP contribution in [0.3, 0.4) is 0 Å². The number of halogens is 4. The molecule has 11 heteroatoms. The first kappa shape index (κ1) is 24.2. The van der Waals surface area contributed by atoms with E-state index in [0.717, 1.165) is 17.5 Å². The molecule has 1 aliphatic rings. The molecule has 1 heterocycles. The predicted molar refractivity (Wildman–Crippen MR) is 122 cm³/mol. The molecule has 0 fully saturated rings. The molecule has 0 aliphatic carbocycles. The van der Waals surface area contributed by atoms with Gasteiger partial charge in [-0.1, -0.05) is 50.4 Å². The molecule has 0 aromatic heterocycles. The number of alkyl halides is 1. The number of carbonyl (C=O) groups is 1. The third-order valence-corrected chi connectivity index (χ3v) is 6.35. The van der Waals surface area contributed by atoms with Gasteiger partial charge < -0.3 is 9.94 Å². The highest BCUT2D eigenvalue weighted by atomic mass is 79.9. The van der Waals surface area contributed by atoms with Gasteiger partial charge >= 0.3 is 12.4 Å². The minimum Gasteiger partial charge on any atom is -0.478 e. The number of oxime groups is 1. The Bertz CT molecular complexity index is 958. The van der Waals surface area contributed by atoms with E-state index in [1.165, 1.54) is 0 Å². The summed E-state index contributed by atoms with van der Waals surface area (Å²) in [5.74, 6) is -0.956. The Kier molecular flexibility index (Phi) is 8.56. The first-order valence-electron chi connectivity index (χ1n) is 8.09. The van der Waals surface area contributed by atoms with Crippen LogP contribution in [0.4, 0.5) is 0 Å². The van der Waals surface area contributed by atoms with Crippen LogP contribution in [0.15, 0.2) is 41.6 Å². The van der Waals surface area contributed by atoms with Crippen molar-refractivity contribution in [2.24, 2.45) is 5.16 Å². The Morgan fingerprint density at radius 1 is 1.28 bits per heavy atom. The minimum atomic E-state index is -0.956. The molecule has 29 heavy (non-hydrogen) atoms. The molecule has 3 rings (SSSR count). The van der Waals surface area contributed by atoms with Crippen LogP contribution in [0.1, 0.15) is 34.0 Å². The second-order valence-corrected chi connectivity index (χ2v) is 9.01. The third kappa shape index (κ3) is 5.53. The Morgan fingerprint density at radius 2 is 1.86 bits per heavy atom. The average molecular weight is 536 g/mol. The van der Waals surface area contributed by atoms with E-state index in [1.807, 2.05) is 6.92 Å². The number of nitrogens with zero attached hydrogens (tertiary/aromatic N) is 1. The molecule has 1 N–H and O–H groups in total. The number of carboxylic acids is 1. The lowest BCUT2D eigenvalue weighted by atomic mass is 9.88. The van der Waals surface area contributed by atoms with Crippen LogP contribution in [0, 0.1) is 6.92 Å². The quantitative estimate of drug-likeness (QED) is 0.276. The van der Waals surface area contributed by atoms with Gasteiger partial charge in [0.2, 0.25) is 0 Å². The highest BCUT2D eigenvalue weighted by Gasteiger charge is 2.46. The fourth-order valence-electron chi connectivity index (χ4n) is 2.80. The fraction of sp³-hybridized carbons (Fsp3) is 0.222. The summed E-state index contributed by atoms with van der Waals surface area (Å²) in [5.41, 5.74) is 2.40. The van der Waals surface area contributed by atoms with E-state index in [1.54, 1.807) is 43.3 Å². The molecule has 0 saturated carbocycles. The minimum absolute atomic E-state index is 0.111. The zero-order valence-electron chi connectivity index (χ0n) is 15.2. The molecular formula is C18H14BBrCl3NO4P. The van der Waals surface area contributed by atoms with E-state index >= 15 is 0 Å². The Morgan fingerprint density at radius 3 is 2.34 bits per heavy atom. The molecule has 0 spiro atoms. The molecule has 2 aromatic carbocycles. The highest BCUT2D eigenvalue weighted by molar-refractivity contribution is 9.10. The molecule has 0 amide bonds. The molecule has 1 radical (unpaired) electrons. The molecule has 2 unspecified atom stereocenters. The largest absolute Gasteiger partial charge is 0.478 e. The standard InChI is InChI=1S/C18H14BrCl2NO3.BClOP/c1-9-5-10(3-4-14(9)17(23)24)15-16(19)18(2,25-22-15)11-6-12(20)8-13(21)7-11;2-1-4-3/h3-8,16H,1-2H3,(H,23,24);. The van der Waals surface area contributed by atoms with E-state index in [2.05, 4.69) is 21.1 Å². The number of aromatic carboxylic acids is 1. The molecule has 5 nitrogen and oxygen atoms in total. The summed E-state index contributed by atoms with van der Waals surface area (Å²) >= 11 is 20.6. The van der Waals surface area contributed by atoms with Crippen molar-refractivity contribution in [2.75, 3.05) is 0 Å². The van der Waals surface area contributed by atoms with E-state index in [0.29, 0.717) is 21.3 Å². The van der Waals surface area contributed by atoms with Crippen molar-refractivity contribution in [3.63, 3.8) is 0 Å². The van der Waals surface area contributed by atoms with E-state index in [-0.39, 0.29) is 18.7 Å². The summed E-state index contributed by atoms with van der Waals surface area (Å²) < 4.78 is 9.08. The topological polar surface area (TPSA) is 76.0 Å². The maximum absolute atomic E-state index is 11.2. The lowest BCUT2D eigenvalue weighted by Gasteiger charge is -2.26. The van der Waals surface area contributed by atoms with Crippen LogP contribution in [0.5, 0.6) is 0 Å². The second-order valence-electron chi connectivity index (χ2n) is 6.23. The van der Waals surface area contributed by atoms with Gasteiger partial charge in [0.15, 0.2) is 5.60 Å². The monoisotopic (exact) mass is 534 g/mol. The summed E-state index contributed by atoms with van der Waals surface area (Å²) in [6.45, 7) is 3.64. The maximum atomic E-state index is 11.2. The second kappa shape index (κ2) is 10.3. The summed E-state index contributed by atoms with van der Waals surface area (Å²) in [4.78, 5) is 16.7. The first-order chi connectivity index (χ1) is 13.6. The van der Waals surface area contributed by atoms with Crippen LogP contribution in [0.25, 0.3) is 0 Å². The van der Waals surface area contributed by atoms with E-state index in [9.17, 15) is 4.79 Å². The highest BCUT2D eigenvalue weighted by Crippen LogP contribution is 2.42. The van der Waals surface area contributed by atoms with Crippen LogP contribution in [-0.4, -0.2) is 28.0 Å². The molecule has 151 valence electrons. The lowest BCUT2D eigenvalue weighted by Crippen LogP contribution is -2.34. The fourth-order valence-corrected chi connectivity index (χ4v) is 4.02. The van der Waals surface area contributed by atoms with Crippen molar-refractivity contribution >= 4 is 77.0 Å². The zero-order valence-corrected chi connectivity index (χ0v) is 19.9. The number of hydrogen-bond donors (Lipinski definition) is 1. The Hall–Kier alpha value is -1.11. The molecule has 0 bridgehead atoms. The van der Waals surface area contributed by atoms with Gasteiger partial charge in [-0.15, -0.1) is 0 Å². The van der Waals surface area contributed by atoms with Crippen LogP contribution in [-0.2, 0) is 15.0 Å². The Balaban J connectivity index is 0.000000687. The van der Waals surface area contributed by atoms with Crippen molar-refractivity contribution < 1.29 is 19.3 Å². The number of aryl methyl sites for hydroxylation is 1. The molecular weight excluding hydrogens is 522 g/mol. The van der Waals surface area contributed by atoms with Crippen molar-refractivity contribution in [1.82, 2.24) is 0 Å². The third-order valence-electron chi connectivity index (χ3n) is 4.29. The first-order valence-corrected chi connectivity index (χ1v) is 11.1. The van der Waals surface area contributed by atoms with Crippen LogP contribution in [0.2, 0.25) is 10.0 Å². The predicted octanol–water partition coefficient (Wildman–Crippen LogP) is 6.46. The van der Waals surface area contributed by atoms with Crippen LogP contribution < -0.4 is 0 Å². The summed E-state index contributed by atoms with van der Waals surface area (Å²) in [6, 6.07) is 10.3. The van der Waals surface area contributed by atoms with Gasteiger partial charge in [0.1, 0.15) is 18.9 Å². The average Bonchev–Trinajstić information content (AvgIpc) is 2.97. The van der Waals surface area contributed by atoms with Gasteiger partial charge in [-0.05, 0) is 49.7 Å². The SMILES string of the molecule is Cc1cc(C2=NOC(C)(c3cc(Cl)cc(Cl)c3)C2Br)ccc1C(=O)O.O=P[B]Cl. The summed E-state index contributed by atoms with van der Waals surface area (Å²) in [6.07, 6.45) is 1.01. The molecule has 2 atom stereocenters. The van der Waals surface area contributed by atoms with Crippen molar-refractivity contribution in [2.45, 2.75) is 24.3 Å². The summed E-state index contributed by atoms with van der Waals surface area (Å²) in [5, 5.41) is 14.4. The molecule has 0 saturated heterocycles. The normalized spacial score (nSPS) is 20.3. The van der Waals surface area contributed by atoms with Crippen molar-refractivity contribution in [1.29, 1.82) is 0 Å². The zero-order chi connectivity index (χ0) is 21.8. The Labute approximate surface area is 193 Å². The van der Waals surface area contributed by atoms with E-state index in [4.69, 9.17) is 49.2 Å². The van der Waals surface area contributed by atoms with Gasteiger partial charge in [-0.25, -0.2) is 4.79 Å². The van der Waals surface area contributed by atoms with Gasteiger partial charge in [0.05, 0.1) is 5.56 Å².